The van der Waals surface area contributed by atoms with Crippen molar-refractivity contribution in [1.82, 2.24) is 15.0 Å². The molecule has 0 aromatic carbocycles. The van der Waals surface area contributed by atoms with Crippen LogP contribution in [0.15, 0.2) is 0 Å². The lowest BCUT2D eigenvalue weighted by Gasteiger charge is -2.30. The van der Waals surface area contributed by atoms with Crippen molar-refractivity contribution < 1.29 is 9.53 Å². The van der Waals surface area contributed by atoms with Crippen LogP contribution in [0.4, 0.5) is 17.8 Å². The van der Waals surface area contributed by atoms with Gasteiger partial charge in [-0.1, -0.05) is 0 Å². The molecule has 3 rings (SSSR count). The number of piperidine rings is 2. The van der Waals surface area contributed by atoms with Crippen LogP contribution < -0.4 is 14.7 Å². The first kappa shape index (κ1) is 19.1. The second-order valence-electron chi connectivity index (χ2n) is 6.82. The van der Waals surface area contributed by atoms with Crippen molar-refractivity contribution in [2.75, 3.05) is 54.0 Å². The van der Waals surface area contributed by atoms with Gasteiger partial charge in [0.2, 0.25) is 17.8 Å². The first-order valence-corrected chi connectivity index (χ1v) is 9.80. The van der Waals surface area contributed by atoms with E-state index in [-0.39, 0.29) is 19.1 Å². The number of carbonyl (C=O) groups is 1. The maximum absolute atomic E-state index is 11.9. The molecule has 146 valence electrons. The number of anilines is 3. The zero-order valence-electron chi connectivity index (χ0n) is 15.9. The molecule has 9 heteroatoms. The topological polar surface area (TPSA) is 98.5 Å². The van der Waals surface area contributed by atoms with Crippen LogP contribution in [0.1, 0.15) is 45.4 Å². The minimum absolute atomic E-state index is 0.201. The van der Waals surface area contributed by atoms with E-state index in [0.717, 1.165) is 51.9 Å². The van der Waals surface area contributed by atoms with E-state index in [2.05, 4.69) is 19.8 Å². The number of esters is 1. The normalized spacial score (nSPS) is 17.3. The Morgan fingerprint density at radius 3 is 1.96 bits per heavy atom. The molecule has 0 unspecified atom stereocenters. The van der Waals surface area contributed by atoms with E-state index in [0.29, 0.717) is 11.9 Å². The minimum atomic E-state index is -0.474. The average Bonchev–Trinajstić information content (AvgIpc) is 2.73. The predicted octanol–water partition coefficient (Wildman–Crippen LogP) is 1.70. The molecule has 0 N–H and O–H groups in total. The molecule has 0 bridgehead atoms. The summed E-state index contributed by atoms with van der Waals surface area (Å²) < 4.78 is 4.97. The molecule has 27 heavy (non-hydrogen) atoms. The molecule has 2 saturated heterocycles. The van der Waals surface area contributed by atoms with Crippen molar-refractivity contribution in [3.63, 3.8) is 0 Å². The van der Waals surface area contributed by atoms with E-state index in [1.54, 1.807) is 6.92 Å². The fourth-order valence-corrected chi connectivity index (χ4v) is 3.42. The Balaban J connectivity index is 1.90. The maximum Gasteiger partial charge on any atom is 0.326 e. The second kappa shape index (κ2) is 9.35. The van der Waals surface area contributed by atoms with Crippen molar-refractivity contribution >= 4 is 23.8 Å². The van der Waals surface area contributed by atoms with Crippen LogP contribution in [0.25, 0.3) is 0 Å². The number of nitrogens with zero attached hydrogens (tertiary/aromatic N) is 7. The fraction of sp³-hybridized carbons (Fsp3) is 0.722. The van der Waals surface area contributed by atoms with Crippen molar-refractivity contribution in [3.05, 3.63) is 0 Å². The number of carbonyl (C=O) groups excluding carboxylic acids is 1. The molecule has 0 spiro atoms. The number of hydrogen-bond acceptors (Lipinski definition) is 9. The lowest BCUT2D eigenvalue weighted by atomic mass is 10.1. The summed E-state index contributed by atoms with van der Waals surface area (Å²) >= 11 is 0. The predicted molar refractivity (Wildman–Crippen MR) is 102 cm³/mol. The highest BCUT2D eigenvalue weighted by molar-refractivity contribution is 5.76. The van der Waals surface area contributed by atoms with E-state index in [4.69, 9.17) is 9.72 Å². The largest absolute Gasteiger partial charge is 0.465 e. The molecule has 2 aliphatic heterocycles. The van der Waals surface area contributed by atoms with Gasteiger partial charge in [0, 0.05) is 26.2 Å². The smallest absolute Gasteiger partial charge is 0.326 e. The van der Waals surface area contributed by atoms with Crippen LogP contribution in [0.5, 0.6) is 0 Å². The van der Waals surface area contributed by atoms with E-state index in [1.807, 2.05) is 6.19 Å². The molecule has 0 saturated carbocycles. The van der Waals surface area contributed by atoms with Crippen LogP contribution in [-0.4, -0.2) is 60.3 Å². The van der Waals surface area contributed by atoms with Gasteiger partial charge >= 0.3 is 5.97 Å². The molecule has 0 atom stereocenters. The summed E-state index contributed by atoms with van der Waals surface area (Å²) in [6, 6.07) is 0. The molecule has 0 aliphatic carbocycles. The molecule has 1 aromatic rings. The third kappa shape index (κ3) is 4.96. The van der Waals surface area contributed by atoms with Crippen LogP contribution in [0, 0.1) is 11.5 Å². The van der Waals surface area contributed by atoms with Crippen molar-refractivity contribution in [2.45, 2.75) is 45.4 Å². The highest BCUT2D eigenvalue weighted by Gasteiger charge is 2.23. The number of nitriles is 1. The molecular formula is C18H27N7O2. The monoisotopic (exact) mass is 373 g/mol. The summed E-state index contributed by atoms with van der Waals surface area (Å²) in [5, 5.41) is 9.54. The molecule has 3 heterocycles. The van der Waals surface area contributed by atoms with Gasteiger partial charge in [0.05, 0.1) is 6.61 Å². The molecule has 2 fully saturated rings. The van der Waals surface area contributed by atoms with E-state index < -0.39 is 5.97 Å². The summed E-state index contributed by atoms with van der Waals surface area (Å²) in [5.41, 5.74) is 0. The number of ether oxygens (including phenoxy) is 1. The first-order valence-electron chi connectivity index (χ1n) is 9.80. The quantitative estimate of drug-likeness (QED) is 0.419. The van der Waals surface area contributed by atoms with Gasteiger partial charge in [0.25, 0.3) is 0 Å². The van der Waals surface area contributed by atoms with Crippen molar-refractivity contribution in [2.24, 2.45) is 0 Å². The summed E-state index contributed by atoms with van der Waals surface area (Å²) in [4.78, 5) is 31.0. The van der Waals surface area contributed by atoms with Gasteiger partial charge in [-0.15, -0.1) is 0 Å². The van der Waals surface area contributed by atoms with Gasteiger partial charge in [0.1, 0.15) is 6.54 Å². The van der Waals surface area contributed by atoms with E-state index >= 15 is 0 Å². The Hall–Kier alpha value is -2.63. The molecular weight excluding hydrogens is 346 g/mol. The minimum Gasteiger partial charge on any atom is -0.465 e. The summed E-state index contributed by atoms with van der Waals surface area (Å²) in [5.74, 6) is 0.911. The Morgan fingerprint density at radius 1 is 1.00 bits per heavy atom. The summed E-state index contributed by atoms with van der Waals surface area (Å²) in [6.07, 6.45) is 8.84. The second-order valence-corrected chi connectivity index (χ2v) is 6.82. The van der Waals surface area contributed by atoms with E-state index in [1.165, 1.54) is 17.7 Å². The maximum atomic E-state index is 11.9. The third-order valence-corrected chi connectivity index (χ3v) is 4.83. The van der Waals surface area contributed by atoms with Crippen molar-refractivity contribution in [3.8, 4) is 6.19 Å². The Kier molecular flexibility index (Phi) is 6.63. The lowest BCUT2D eigenvalue weighted by Crippen LogP contribution is -2.36. The van der Waals surface area contributed by atoms with Gasteiger partial charge in [0.15, 0.2) is 6.19 Å². The zero-order valence-corrected chi connectivity index (χ0v) is 15.9. The summed E-state index contributed by atoms with van der Waals surface area (Å²) in [7, 11) is 0. The van der Waals surface area contributed by atoms with Crippen LogP contribution in [0.3, 0.4) is 0 Å². The summed E-state index contributed by atoms with van der Waals surface area (Å²) in [6.45, 7) is 5.39. The van der Waals surface area contributed by atoms with Gasteiger partial charge in [-0.05, 0) is 45.4 Å². The number of aromatic nitrogens is 3. The Morgan fingerprint density at radius 2 is 1.52 bits per heavy atom. The van der Waals surface area contributed by atoms with Crippen LogP contribution >= 0.6 is 0 Å². The Bertz CT molecular complexity index is 643. The standard InChI is InChI=1S/C18H27N7O2/c1-2-27-15(26)13-25(14-19)18-21-16(23-9-5-3-6-10-23)20-17(22-18)24-11-7-4-8-12-24/h2-13H2,1H3. The van der Waals surface area contributed by atoms with Crippen LogP contribution in [0.2, 0.25) is 0 Å². The molecule has 0 radical (unpaired) electrons. The third-order valence-electron chi connectivity index (χ3n) is 4.83. The van der Waals surface area contributed by atoms with Gasteiger partial charge in [-0.3, -0.25) is 4.79 Å². The molecule has 2 aliphatic rings. The highest BCUT2D eigenvalue weighted by Crippen LogP contribution is 2.23. The number of rotatable bonds is 6. The van der Waals surface area contributed by atoms with E-state index in [9.17, 15) is 10.1 Å². The number of hydrogen-bond donors (Lipinski definition) is 0. The first-order chi connectivity index (χ1) is 13.2. The fourth-order valence-electron chi connectivity index (χ4n) is 3.42. The molecule has 1 aromatic heterocycles. The Labute approximate surface area is 159 Å². The SMILES string of the molecule is CCOC(=O)CN(C#N)c1nc(N2CCCCC2)nc(N2CCCCC2)n1. The lowest BCUT2D eigenvalue weighted by molar-refractivity contribution is -0.141. The molecule has 9 nitrogen and oxygen atoms in total. The highest BCUT2D eigenvalue weighted by atomic mass is 16.5. The zero-order chi connectivity index (χ0) is 19.1. The van der Waals surface area contributed by atoms with Crippen LogP contribution in [-0.2, 0) is 9.53 Å². The van der Waals surface area contributed by atoms with Gasteiger partial charge < -0.3 is 14.5 Å². The average molecular weight is 373 g/mol. The molecule has 0 amide bonds. The van der Waals surface area contributed by atoms with Gasteiger partial charge in [-0.2, -0.15) is 20.2 Å². The van der Waals surface area contributed by atoms with Gasteiger partial charge in [-0.25, -0.2) is 4.90 Å². The van der Waals surface area contributed by atoms with Crippen molar-refractivity contribution in [1.29, 1.82) is 5.26 Å².